The van der Waals surface area contributed by atoms with Crippen molar-refractivity contribution in [2.75, 3.05) is 19.5 Å². The van der Waals surface area contributed by atoms with Gasteiger partial charge in [0.2, 0.25) is 5.91 Å². The Morgan fingerprint density at radius 2 is 1.83 bits per heavy atom. The van der Waals surface area contributed by atoms with Crippen molar-refractivity contribution in [3.05, 3.63) is 58.6 Å². The van der Waals surface area contributed by atoms with E-state index in [0.717, 1.165) is 5.56 Å². The molecule has 0 heterocycles. The van der Waals surface area contributed by atoms with Crippen LogP contribution >= 0.6 is 11.6 Å². The minimum atomic E-state index is -0.153. The largest absolute Gasteiger partial charge is 0.496 e. The predicted molar refractivity (Wildman–Crippen MR) is 94.5 cm³/mol. The second-order valence-electron chi connectivity index (χ2n) is 5.38. The van der Waals surface area contributed by atoms with Gasteiger partial charge in [-0.05, 0) is 42.5 Å². The van der Waals surface area contributed by atoms with Gasteiger partial charge in [-0.15, -0.1) is 0 Å². The number of hydrogen-bond donors (Lipinski definition) is 1. The highest BCUT2D eigenvalue weighted by molar-refractivity contribution is 6.30. The standard InChI is InChI=1S/C18H19ClN2O3/c1-12(22)20-16-7-4-13(5-8-16)18(23)21(2)11-14-10-15(19)6-9-17(14)24-3/h4-10H,11H2,1-3H3,(H,20,22). The molecule has 0 atom stereocenters. The van der Waals surface area contributed by atoms with E-state index in [-0.39, 0.29) is 11.8 Å². The normalized spacial score (nSPS) is 10.2. The van der Waals surface area contributed by atoms with Crippen LogP contribution in [-0.4, -0.2) is 30.9 Å². The summed E-state index contributed by atoms with van der Waals surface area (Å²) < 4.78 is 5.30. The Morgan fingerprint density at radius 3 is 2.42 bits per heavy atom. The average Bonchev–Trinajstić information content (AvgIpc) is 2.54. The molecule has 2 aromatic rings. The number of nitrogens with zero attached hydrogens (tertiary/aromatic N) is 1. The number of hydrogen-bond acceptors (Lipinski definition) is 3. The molecule has 6 heteroatoms. The summed E-state index contributed by atoms with van der Waals surface area (Å²) in [6.07, 6.45) is 0. The zero-order chi connectivity index (χ0) is 17.7. The summed E-state index contributed by atoms with van der Waals surface area (Å²) in [5.74, 6) is 0.394. The molecule has 2 rings (SSSR count). The van der Waals surface area contributed by atoms with Crippen molar-refractivity contribution >= 4 is 29.1 Å². The Balaban J connectivity index is 2.12. The fourth-order valence-corrected chi connectivity index (χ4v) is 2.51. The molecular weight excluding hydrogens is 328 g/mol. The van der Waals surface area contributed by atoms with E-state index in [0.29, 0.717) is 28.6 Å². The lowest BCUT2D eigenvalue weighted by Gasteiger charge is -2.19. The van der Waals surface area contributed by atoms with Crippen LogP contribution in [0.25, 0.3) is 0 Å². The number of amides is 2. The molecule has 0 aromatic heterocycles. The van der Waals surface area contributed by atoms with E-state index >= 15 is 0 Å². The van der Waals surface area contributed by atoms with Gasteiger partial charge in [0.25, 0.3) is 5.91 Å². The van der Waals surface area contributed by atoms with Gasteiger partial charge >= 0.3 is 0 Å². The van der Waals surface area contributed by atoms with Gasteiger partial charge in [-0.2, -0.15) is 0 Å². The van der Waals surface area contributed by atoms with Crippen molar-refractivity contribution in [2.45, 2.75) is 13.5 Å². The predicted octanol–water partition coefficient (Wildman–Crippen LogP) is 3.58. The van der Waals surface area contributed by atoms with Crippen molar-refractivity contribution in [1.82, 2.24) is 4.90 Å². The summed E-state index contributed by atoms with van der Waals surface area (Å²) in [4.78, 5) is 25.1. The third-order valence-corrected chi connectivity index (χ3v) is 3.68. The molecule has 0 saturated heterocycles. The number of rotatable bonds is 5. The first-order valence-corrected chi connectivity index (χ1v) is 7.74. The first-order valence-electron chi connectivity index (χ1n) is 7.36. The van der Waals surface area contributed by atoms with Crippen LogP contribution in [0.2, 0.25) is 5.02 Å². The van der Waals surface area contributed by atoms with Gasteiger partial charge in [0.05, 0.1) is 7.11 Å². The van der Waals surface area contributed by atoms with Gasteiger partial charge in [-0.25, -0.2) is 0 Å². The first-order chi connectivity index (χ1) is 11.4. The number of methoxy groups -OCH3 is 1. The molecule has 0 spiro atoms. The molecule has 0 aliphatic heterocycles. The van der Waals surface area contributed by atoms with E-state index in [4.69, 9.17) is 16.3 Å². The van der Waals surface area contributed by atoms with E-state index < -0.39 is 0 Å². The number of nitrogens with one attached hydrogen (secondary N) is 1. The SMILES string of the molecule is COc1ccc(Cl)cc1CN(C)C(=O)c1ccc(NC(C)=O)cc1. The summed E-state index contributed by atoms with van der Waals surface area (Å²) in [7, 11) is 3.29. The molecule has 126 valence electrons. The highest BCUT2D eigenvalue weighted by Crippen LogP contribution is 2.24. The molecule has 0 bridgehead atoms. The summed E-state index contributed by atoms with van der Waals surface area (Å²) in [6.45, 7) is 1.81. The van der Waals surface area contributed by atoms with Gasteiger partial charge in [0.15, 0.2) is 0 Å². The Morgan fingerprint density at radius 1 is 1.17 bits per heavy atom. The molecular formula is C18H19ClN2O3. The monoisotopic (exact) mass is 346 g/mol. The summed E-state index contributed by atoms with van der Waals surface area (Å²) in [5.41, 5.74) is 2.02. The van der Waals surface area contributed by atoms with E-state index in [2.05, 4.69) is 5.32 Å². The zero-order valence-corrected chi connectivity index (χ0v) is 14.6. The van der Waals surface area contributed by atoms with Crippen molar-refractivity contribution in [3.8, 4) is 5.75 Å². The summed E-state index contributed by atoms with van der Waals surface area (Å²) in [6, 6.07) is 12.1. The second-order valence-corrected chi connectivity index (χ2v) is 5.81. The van der Waals surface area contributed by atoms with Gasteiger partial charge in [0.1, 0.15) is 5.75 Å². The van der Waals surface area contributed by atoms with Crippen molar-refractivity contribution in [1.29, 1.82) is 0 Å². The number of carbonyl (C=O) groups is 2. The maximum atomic E-state index is 12.5. The van der Waals surface area contributed by atoms with Crippen LogP contribution < -0.4 is 10.1 Å². The lowest BCUT2D eigenvalue weighted by Crippen LogP contribution is -2.26. The minimum absolute atomic E-state index is 0.133. The summed E-state index contributed by atoms with van der Waals surface area (Å²) in [5, 5.41) is 3.26. The number of benzene rings is 2. The molecule has 0 fully saturated rings. The van der Waals surface area contributed by atoms with E-state index in [9.17, 15) is 9.59 Å². The lowest BCUT2D eigenvalue weighted by molar-refractivity contribution is -0.114. The number of anilines is 1. The molecule has 5 nitrogen and oxygen atoms in total. The maximum absolute atomic E-state index is 12.5. The van der Waals surface area contributed by atoms with E-state index in [1.54, 1.807) is 61.5 Å². The third-order valence-electron chi connectivity index (χ3n) is 3.45. The number of halogens is 1. The fraction of sp³-hybridized carbons (Fsp3) is 0.222. The van der Waals surface area contributed by atoms with Gasteiger partial charge in [-0.1, -0.05) is 11.6 Å². The maximum Gasteiger partial charge on any atom is 0.253 e. The van der Waals surface area contributed by atoms with Crippen LogP contribution in [-0.2, 0) is 11.3 Å². The molecule has 24 heavy (non-hydrogen) atoms. The van der Waals surface area contributed by atoms with Crippen molar-refractivity contribution < 1.29 is 14.3 Å². The molecule has 0 radical (unpaired) electrons. The van der Waals surface area contributed by atoms with E-state index in [1.165, 1.54) is 6.92 Å². The second kappa shape index (κ2) is 7.84. The Bertz CT molecular complexity index is 744. The molecule has 0 aliphatic rings. The van der Waals surface area contributed by atoms with Crippen LogP contribution in [0, 0.1) is 0 Å². The topological polar surface area (TPSA) is 58.6 Å². The molecule has 2 aromatic carbocycles. The first kappa shape index (κ1) is 17.8. The Labute approximate surface area is 146 Å². The Hall–Kier alpha value is -2.53. The highest BCUT2D eigenvalue weighted by Gasteiger charge is 2.14. The molecule has 1 N–H and O–H groups in total. The molecule has 0 saturated carbocycles. The minimum Gasteiger partial charge on any atom is -0.496 e. The van der Waals surface area contributed by atoms with Gasteiger partial charge in [-0.3, -0.25) is 9.59 Å². The summed E-state index contributed by atoms with van der Waals surface area (Å²) >= 11 is 6.02. The lowest BCUT2D eigenvalue weighted by atomic mass is 10.1. The smallest absolute Gasteiger partial charge is 0.253 e. The van der Waals surface area contributed by atoms with E-state index in [1.807, 2.05) is 0 Å². The highest BCUT2D eigenvalue weighted by atomic mass is 35.5. The van der Waals surface area contributed by atoms with Crippen LogP contribution in [0.5, 0.6) is 5.75 Å². The number of carbonyl (C=O) groups excluding carboxylic acids is 2. The fourth-order valence-electron chi connectivity index (χ4n) is 2.32. The molecule has 0 aliphatic carbocycles. The van der Waals surface area contributed by atoms with Crippen molar-refractivity contribution in [3.63, 3.8) is 0 Å². The molecule has 2 amide bonds. The van der Waals surface area contributed by atoms with Crippen LogP contribution in [0.1, 0.15) is 22.8 Å². The molecule has 0 unspecified atom stereocenters. The third kappa shape index (κ3) is 4.49. The van der Waals surface area contributed by atoms with Crippen LogP contribution in [0.3, 0.4) is 0 Å². The Kier molecular flexibility index (Phi) is 5.82. The number of ether oxygens (including phenoxy) is 1. The quantitative estimate of drug-likeness (QED) is 0.900. The van der Waals surface area contributed by atoms with Crippen molar-refractivity contribution in [2.24, 2.45) is 0 Å². The van der Waals surface area contributed by atoms with Gasteiger partial charge in [0, 0.05) is 42.4 Å². The van der Waals surface area contributed by atoms with Crippen LogP contribution in [0.4, 0.5) is 5.69 Å². The zero-order valence-electron chi connectivity index (χ0n) is 13.8. The van der Waals surface area contributed by atoms with Gasteiger partial charge < -0.3 is 15.0 Å². The van der Waals surface area contributed by atoms with Crippen LogP contribution in [0.15, 0.2) is 42.5 Å². The average molecular weight is 347 g/mol.